The van der Waals surface area contributed by atoms with Gasteiger partial charge in [-0.3, -0.25) is 4.79 Å². The topological polar surface area (TPSA) is 38.8 Å². The molecular formula is C13H17NO3. The van der Waals surface area contributed by atoms with Crippen LogP contribution in [0.3, 0.4) is 0 Å². The van der Waals surface area contributed by atoms with E-state index in [0.29, 0.717) is 19.7 Å². The summed E-state index contributed by atoms with van der Waals surface area (Å²) in [6, 6.07) is 9.37. The number of hydrogen-bond acceptors (Lipinski definition) is 3. The van der Waals surface area contributed by atoms with E-state index in [0.717, 1.165) is 5.75 Å². The Kier molecular flexibility index (Phi) is 3.98. The number of hydrogen-bond donors (Lipinski definition) is 0. The molecule has 1 heterocycles. The predicted molar refractivity (Wildman–Crippen MR) is 63.9 cm³/mol. The lowest BCUT2D eigenvalue weighted by molar-refractivity contribution is -0.140. The summed E-state index contributed by atoms with van der Waals surface area (Å²) in [6.45, 7) is 3.98. The molecule has 0 aliphatic carbocycles. The number of carbonyl (C=O) groups excluding carboxylic acids is 1. The number of nitrogens with zero attached hydrogens (tertiary/aromatic N) is 1. The van der Waals surface area contributed by atoms with Crippen molar-refractivity contribution in [1.82, 2.24) is 4.90 Å². The van der Waals surface area contributed by atoms with Crippen LogP contribution < -0.4 is 4.74 Å². The van der Waals surface area contributed by atoms with Gasteiger partial charge < -0.3 is 14.4 Å². The fraction of sp³-hybridized carbons (Fsp3) is 0.462. The van der Waals surface area contributed by atoms with Crippen LogP contribution in [0.2, 0.25) is 0 Å². The van der Waals surface area contributed by atoms with E-state index >= 15 is 0 Å². The maximum Gasteiger partial charge on any atom is 0.260 e. The molecule has 0 N–H and O–H groups in total. The summed E-state index contributed by atoms with van der Waals surface area (Å²) in [5.74, 6) is 0.742. The number of ether oxygens (including phenoxy) is 2. The van der Waals surface area contributed by atoms with Crippen LogP contribution in [0.25, 0.3) is 0 Å². The monoisotopic (exact) mass is 235 g/mol. The number of amides is 1. The summed E-state index contributed by atoms with van der Waals surface area (Å²) in [7, 11) is 0. The molecule has 1 aliphatic heterocycles. The van der Waals surface area contributed by atoms with Gasteiger partial charge in [-0.25, -0.2) is 0 Å². The second kappa shape index (κ2) is 5.68. The maximum absolute atomic E-state index is 11.9. The van der Waals surface area contributed by atoms with Crippen LogP contribution in [-0.2, 0) is 9.53 Å². The molecule has 1 saturated heterocycles. The third-order valence-electron chi connectivity index (χ3n) is 2.70. The van der Waals surface area contributed by atoms with E-state index in [-0.39, 0.29) is 18.6 Å². The van der Waals surface area contributed by atoms with E-state index in [4.69, 9.17) is 9.47 Å². The highest BCUT2D eigenvalue weighted by Gasteiger charge is 2.21. The quantitative estimate of drug-likeness (QED) is 0.793. The summed E-state index contributed by atoms with van der Waals surface area (Å²) in [6.07, 6.45) is 0.115. The smallest absolute Gasteiger partial charge is 0.260 e. The van der Waals surface area contributed by atoms with Gasteiger partial charge in [-0.1, -0.05) is 18.2 Å². The predicted octanol–water partition coefficient (Wildman–Crippen LogP) is 1.31. The fourth-order valence-corrected chi connectivity index (χ4v) is 1.80. The fourth-order valence-electron chi connectivity index (χ4n) is 1.80. The van der Waals surface area contributed by atoms with Crippen molar-refractivity contribution in [2.45, 2.75) is 13.0 Å². The minimum atomic E-state index is 0.0176. The molecule has 92 valence electrons. The Morgan fingerprint density at radius 1 is 1.47 bits per heavy atom. The van der Waals surface area contributed by atoms with E-state index in [9.17, 15) is 4.79 Å². The van der Waals surface area contributed by atoms with Gasteiger partial charge in [-0.05, 0) is 19.1 Å². The first-order valence-electron chi connectivity index (χ1n) is 5.83. The van der Waals surface area contributed by atoms with Crippen molar-refractivity contribution in [1.29, 1.82) is 0 Å². The van der Waals surface area contributed by atoms with E-state index < -0.39 is 0 Å². The molecule has 0 aromatic heterocycles. The Balaban J connectivity index is 1.81. The van der Waals surface area contributed by atoms with Crippen LogP contribution in [-0.4, -0.2) is 43.2 Å². The first-order chi connectivity index (χ1) is 8.25. The van der Waals surface area contributed by atoms with Crippen LogP contribution in [0.5, 0.6) is 5.75 Å². The maximum atomic E-state index is 11.9. The van der Waals surface area contributed by atoms with E-state index in [1.165, 1.54) is 0 Å². The van der Waals surface area contributed by atoms with Crippen LogP contribution in [0.15, 0.2) is 30.3 Å². The first-order valence-corrected chi connectivity index (χ1v) is 5.83. The molecule has 0 saturated carbocycles. The number of para-hydroxylation sites is 1. The summed E-state index contributed by atoms with van der Waals surface area (Å²) < 4.78 is 10.8. The third kappa shape index (κ3) is 3.46. The minimum absolute atomic E-state index is 0.0176. The lowest BCUT2D eigenvalue weighted by Gasteiger charge is -2.31. The van der Waals surface area contributed by atoms with Gasteiger partial charge in [0.05, 0.1) is 12.7 Å². The Hall–Kier alpha value is -1.55. The summed E-state index contributed by atoms with van der Waals surface area (Å²) in [5.41, 5.74) is 0. The lowest BCUT2D eigenvalue weighted by atomic mass is 10.3. The molecule has 0 radical (unpaired) electrons. The van der Waals surface area contributed by atoms with Crippen molar-refractivity contribution in [3.05, 3.63) is 30.3 Å². The molecule has 2 rings (SSSR count). The molecule has 1 atom stereocenters. The van der Waals surface area contributed by atoms with E-state index in [1.54, 1.807) is 4.90 Å². The minimum Gasteiger partial charge on any atom is -0.484 e. The van der Waals surface area contributed by atoms with Crippen molar-refractivity contribution in [2.75, 3.05) is 26.3 Å². The van der Waals surface area contributed by atoms with Crippen molar-refractivity contribution in [3.63, 3.8) is 0 Å². The van der Waals surface area contributed by atoms with Gasteiger partial charge >= 0.3 is 0 Å². The summed E-state index contributed by atoms with van der Waals surface area (Å²) in [5, 5.41) is 0. The molecule has 4 nitrogen and oxygen atoms in total. The molecule has 1 aromatic carbocycles. The van der Waals surface area contributed by atoms with Gasteiger partial charge in [0.15, 0.2) is 6.61 Å². The van der Waals surface area contributed by atoms with Crippen LogP contribution in [0.4, 0.5) is 0 Å². The Morgan fingerprint density at radius 2 is 2.24 bits per heavy atom. The van der Waals surface area contributed by atoms with E-state index in [1.807, 2.05) is 37.3 Å². The van der Waals surface area contributed by atoms with Crippen molar-refractivity contribution in [2.24, 2.45) is 0 Å². The van der Waals surface area contributed by atoms with Gasteiger partial charge in [0.1, 0.15) is 5.75 Å². The zero-order chi connectivity index (χ0) is 12.1. The normalized spacial score (nSPS) is 20.1. The van der Waals surface area contributed by atoms with Crippen molar-refractivity contribution < 1.29 is 14.3 Å². The molecule has 1 aliphatic rings. The molecule has 17 heavy (non-hydrogen) atoms. The molecule has 4 heteroatoms. The molecule has 1 aromatic rings. The largest absolute Gasteiger partial charge is 0.484 e. The zero-order valence-corrected chi connectivity index (χ0v) is 9.96. The highest BCUT2D eigenvalue weighted by atomic mass is 16.5. The van der Waals surface area contributed by atoms with Gasteiger partial charge in [-0.2, -0.15) is 0 Å². The average Bonchev–Trinajstić information content (AvgIpc) is 2.37. The van der Waals surface area contributed by atoms with Crippen LogP contribution in [0, 0.1) is 0 Å². The Bertz CT molecular complexity index is 366. The number of morpholine rings is 1. The standard InChI is InChI=1S/C13H17NO3/c1-11-9-14(7-8-16-11)13(15)10-17-12-5-3-2-4-6-12/h2-6,11H,7-10H2,1H3/t11-/m0/s1. The summed E-state index contributed by atoms with van der Waals surface area (Å²) >= 11 is 0. The molecule has 1 amide bonds. The second-order valence-electron chi connectivity index (χ2n) is 4.12. The van der Waals surface area contributed by atoms with Gasteiger partial charge in [0.25, 0.3) is 5.91 Å². The lowest BCUT2D eigenvalue weighted by Crippen LogP contribution is -2.46. The molecule has 0 spiro atoms. The van der Waals surface area contributed by atoms with Crippen molar-refractivity contribution >= 4 is 5.91 Å². The second-order valence-corrected chi connectivity index (χ2v) is 4.12. The zero-order valence-electron chi connectivity index (χ0n) is 9.96. The molecule has 0 unspecified atom stereocenters. The van der Waals surface area contributed by atoms with Crippen molar-refractivity contribution in [3.8, 4) is 5.75 Å². The first kappa shape index (κ1) is 11.9. The van der Waals surface area contributed by atoms with Crippen LogP contribution >= 0.6 is 0 Å². The number of benzene rings is 1. The SMILES string of the molecule is C[C@H]1CN(C(=O)COc2ccccc2)CCO1. The average molecular weight is 235 g/mol. The third-order valence-corrected chi connectivity index (χ3v) is 2.70. The number of carbonyl (C=O) groups is 1. The van der Waals surface area contributed by atoms with Gasteiger partial charge in [-0.15, -0.1) is 0 Å². The van der Waals surface area contributed by atoms with Crippen LogP contribution in [0.1, 0.15) is 6.92 Å². The van der Waals surface area contributed by atoms with Gasteiger partial charge in [0.2, 0.25) is 0 Å². The Labute approximate surface area is 101 Å². The molecular weight excluding hydrogens is 218 g/mol. The van der Waals surface area contributed by atoms with E-state index in [2.05, 4.69) is 0 Å². The summed E-state index contributed by atoms with van der Waals surface area (Å²) in [4.78, 5) is 13.7. The highest BCUT2D eigenvalue weighted by Crippen LogP contribution is 2.09. The number of rotatable bonds is 3. The molecule has 1 fully saturated rings. The highest BCUT2D eigenvalue weighted by molar-refractivity contribution is 5.77. The molecule has 0 bridgehead atoms. The van der Waals surface area contributed by atoms with Gasteiger partial charge in [0, 0.05) is 13.1 Å². The Morgan fingerprint density at radius 3 is 2.94 bits per heavy atom.